The Morgan fingerprint density at radius 2 is 1.76 bits per heavy atom. The lowest BCUT2D eigenvalue weighted by atomic mass is 10.2. The maximum atomic E-state index is 13.7. The van der Waals surface area contributed by atoms with E-state index in [2.05, 4.69) is 5.32 Å². The predicted octanol–water partition coefficient (Wildman–Crippen LogP) is 5.13. The second-order valence-corrected chi connectivity index (χ2v) is 8.71. The molecule has 188 valence electrons. The minimum absolute atomic E-state index is 0.0140. The predicted molar refractivity (Wildman–Crippen MR) is 132 cm³/mol. The number of rotatable bonds is 8. The molecule has 3 amide bonds. The Labute approximate surface area is 212 Å². The summed E-state index contributed by atoms with van der Waals surface area (Å²) in [5.74, 6) is -2.77. The number of amides is 3. The van der Waals surface area contributed by atoms with Crippen LogP contribution in [0, 0.1) is 21.7 Å². The number of nitrogens with zero attached hydrogens (tertiary/aromatic N) is 2. The Balaban J connectivity index is 1.34. The molecule has 0 unspecified atom stereocenters. The van der Waals surface area contributed by atoms with Gasteiger partial charge in [-0.25, -0.2) is 8.78 Å². The number of ether oxygens (including phenoxy) is 1. The zero-order valence-electron chi connectivity index (χ0n) is 18.9. The second kappa shape index (κ2) is 11.0. The SMILES string of the molecule is O=C(CN1C(=O)S/C(=C/c2ccc(OCc3ccc([N+](=O)[O-])cc3)cc2)C1=O)Nc1ccc(F)cc1F. The van der Waals surface area contributed by atoms with Crippen LogP contribution in [0.25, 0.3) is 6.08 Å². The van der Waals surface area contributed by atoms with Gasteiger partial charge in [-0.1, -0.05) is 12.1 Å². The number of hydrogen-bond acceptors (Lipinski definition) is 7. The van der Waals surface area contributed by atoms with E-state index >= 15 is 0 Å². The highest BCUT2D eigenvalue weighted by Crippen LogP contribution is 2.32. The third-order valence-electron chi connectivity index (χ3n) is 5.11. The van der Waals surface area contributed by atoms with Gasteiger partial charge in [0.2, 0.25) is 5.91 Å². The molecule has 0 atom stereocenters. The molecule has 1 N–H and O–H groups in total. The molecule has 1 heterocycles. The van der Waals surface area contributed by atoms with E-state index in [0.29, 0.717) is 29.1 Å². The molecule has 3 aromatic rings. The number of anilines is 1. The van der Waals surface area contributed by atoms with Crippen molar-refractivity contribution in [2.45, 2.75) is 6.61 Å². The van der Waals surface area contributed by atoms with Crippen LogP contribution >= 0.6 is 11.8 Å². The highest BCUT2D eigenvalue weighted by Gasteiger charge is 2.36. The fourth-order valence-electron chi connectivity index (χ4n) is 3.25. The van der Waals surface area contributed by atoms with E-state index in [4.69, 9.17) is 4.74 Å². The number of hydrogen-bond donors (Lipinski definition) is 1. The zero-order valence-corrected chi connectivity index (χ0v) is 19.7. The molecule has 1 fully saturated rings. The van der Waals surface area contributed by atoms with Crippen molar-refractivity contribution >= 4 is 46.3 Å². The Bertz CT molecular complexity index is 1410. The minimum atomic E-state index is -0.984. The van der Waals surface area contributed by atoms with Crippen LogP contribution in [0.2, 0.25) is 0 Å². The van der Waals surface area contributed by atoms with Gasteiger partial charge in [-0.05, 0) is 65.4 Å². The Morgan fingerprint density at radius 3 is 2.41 bits per heavy atom. The van der Waals surface area contributed by atoms with Crippen LogP contribution in [-0.2, 0) is 16.2 Å². The minimum Gasteiger partial charge on any atom is -0.489 e. The zero-order chi connectivity index (χ0) is 26.5. The van der Waals surface area contributed by atoms with Gasteiger partial charge in [-0.3, -0.25) is 29.4 Å². The second-order valence-electron chi connectivity index (χ2n) is 7.72. The first-order chi connectivity index (χ1) is 17.7. The van der Waals surface area contributed by atoms with E-state index in [1.807, 2.05) is 0 Å². The lowest BCUT2D eigenvalue weighted by Gasteiger charge is -2.12. The van der Waals surface area contributed by atoms with E-state index in [1.54, 1.807) is 36.4 Å². The molecule has 0 bridgehead atoms. The summed E-state index contributed by atoms with van der Waals surface area (Å²) in [6, 6.07) is 15.2. The highest BCUT2D eigenvalue weighted by atomic mass is 32.2. The van der Waals surface area contributed by atoms with Crippen LogP contribution in [0.4, 0.5) is 25.0 Å². The topological polar surface area (TPSA) is 119 Å². The van der Waals surface area contributed by atoms with Gasteiger partial charge in [0, 0.05) is 18.2 Å². The van der Waals surface area contributed by atoms with Gasteiger partial charge < -0.3 is 10.1 Å². The number of benzene rings is 3. The molecule has 1 aliphatic heterocycles. The molecule has 1 aliphatic rings. The van der Waals surface area contributed by atoms with Crippen molar-refractivity contribution in [3.63, 3.8) is 0 Å². The monoisotopic (exact) mass is 525 g/mol. The molecule has 12 heteroatoms. The van der Waals surface area contributed by atoms with Crippen LogP contribution in [0.15, 0.2) is 71.6 Å². The summed E-state index contributed by atoms with van der Waals surface area (Å²) in [7, 11) is 0. The fourth-order valence-corrected chi connectivity index (χ4v) is 4.09. The standard InChI is InChI=1S/C25H17F2N3O6S/c26-17-5-10-21(20(27)12-17)28-23(31)13-29-24(32)22(37-25(29)33)11-15-3-8-19(9-4-15)36-14-16-1-6-18(7-2-16)30(34)35/h1-12H,13-14H2,(H,28,31)/b22-11+. The van der Waals surface area contributed by atoms with Crippen LogP contribution < -0.4 is 10.1 Å². The van der Waals surface area contributed by atoms with Crippen molar-refractivity contribution in [2.75, 3.05) is 11.9 Å². The first-order valence-electron chi connectivity index (χ1n) is 10.7. The van der Waals surface area contributed by atoms with Gasteiger partial charge in [0.15, 0.2) is 0 Å². The molecule has 0 aromatic heterocycles. The number of non-ortho nitro benzene ring substituents is 1. The Kier molecular flexibility index (Phi) is 7.58. The van der Waals surface area contributed by atoms with Crippen molar-refractivity contribution in [2.24, 2.45) is 0 Å². The smallest absolute Gasteiger partial charge is 0.294 e. The van der Waals surface area contributed by atoms with Gasteiger partial charge in [-0.2, -0.15) is 0 Å². The summed E-state index contributed by atoms with van der Waals surface area (Å²) in [4.78, 5) is 48.2. The highest BCUT2D eigenvalue weighted by molar-refractivity contribution is 8.18. The molecule has 3 aromatic carbocycles. The maximum absolute atomic E-state index is 13.7. The van der Waals surface area contributed by atoms with Crippen molar-refractivity contribution in [1.82, 2.24) is 4.90 Å². The number of carbonyl (C=O) groups is 3. The number of halogens is 2. The molecule has 0 radical (unpaired) electrons. The van der Waals surface area contributed by atoms with Crippen molar-refractivity contribution in [3.05, 3.63) is 105 Å². The summed E-state index contributed by atoms with van der Waals surface area (Å²) in [5.41, 5.74) is 1.06. The number of carbonyl (C=O) groups excluding carboxylic acids is 3. The molecule has 1 saturated heterocycles. The maximum Gasteiger partial charge on any atom is 0.294 e. The molecular weight excluding hydrogens is 508 g/mol. The average Bonchev–Trinajstić information content (AvgIpc) is 3.12. The van der Waals surface area contributed by atoms with Gasteiger partial charge in [0.1, 0.15) is 30.5 Å². The summed E-state index contributed by atoms with van der Waals surface area (Å²) in [6.45, 7) is -0.436. The van der Waals surface area contributed by atoms with Gasteiger partial charge in [0.05, 0.1) is 15.5 Å². The lowest BCUT2D eigenvalue weighted by molar-refractivity contribution is -0.384. The summed E-state index contributed by atoms with van der Waals surface area (Å²) in [5, 5.41) is 12.3. The first-order valence-corrected chi connectivity index (χ1v) is 11.5. The molecule has 4 rings (SSSR count). The number of thioether (sulfide) groups is 1. The van der Waals surface area contributed by atoms with Crippen molar-refractivity contribution < 1.29 is 32.8 Å². The number of nitrogens with one attached hydrogen (secondary N) is 1. The van der Waals surface area contributed by atoms with Gasteiger partial charge in [-0.15, -0.1) is 0 Å². The third kappa shape index (κ3) is 6.35. The number of nitro benzene ring substituents is 1. The van der Waals surface area contributed by atoms with E-state index < -0.39 is 40.2 Å². The largest absolute Gasteiger partial charge is 0.489 e. The summed E-state index contributed by atoms with van der Waals surface area (Å²) >= 11 is 0.661. The van der Waals surface area contributed by atoms with E-state index in [-0.39, 0.29) is 22.9 Å². The molecule has 0 saturated carbocycles. The summed E-state index contributed by atoms with van der Waals surface area (Å²) < 4.78 is 32.4. The van der Waals surface area contributed by atoms with Gasteiger partial charge in [0.25, 0.3) is 16.8 Å². The molecule has 37 heavy (non-hydrogen) atoms. The van der Waals surface area contributed by atoms with Crippen LogP contribution in [0.5, 0.6) is 5.75 Å². The van der Waals surface area contributed by atoms with Crippen molar-refractivity contribution in [3.8, 4) is 5.75 Å². The Hall–Kier alpha value is -4.58. The van der Waals surface area contributed by atoms with E-state index in [9.17, 15) is 33.3 Å². The van der Waals surface area contributed by atoms with Crippen LogP contribution in [0.3, 0.4) is 0 Å². The number of nitro groups is 1. The van der Waals surface area contributed by atoms with Crippen LogP contribution in [0.1, 0.15) is 11.1 Å². The van der Waals surface area contributed by atoms with Crippen molar-refractivity contribution in [1.29, 1.82) is 0 Å². The molecular formula is C25H17F2N3O6S. The lowest BCUT2D eigenvalue weighted by Crippen LogP contribution is -2.36. The van der Waals surface area contributed by atoms with Gasteiger partial charge >= 0.3 is 0 Å². The number of imide groups is 1. The third-order valence-corrected chi connectivity index (χ3v) is 6.02. The average molecular weight is 525 g/mol. The molecule has 9 nitrogen and oxygen atoms in total. The normalized spacial score (nSPS) is 14.2. The Morgan fingerprint density at radius 1 is 1.05 bits per heavy atom. The first kappa shape index (κ1) is 25.5. The molecule has 0 aliphatic carbocycles. The fraction of sp³-hybridized carbons (Fsp3) is 0.0800. The summed E-state index contributed by atoms with van der Waals surface area (Å²) in [6.07, 6.45) is 1.49. The van der Waals surface area contributed by atoms with Crippen LogP contribution in [-0.4, -0.2) is 33.4 Å². The van der Waals surface area contributed by atoms with E-state index in [0.717, 1.165) is 22.6 Å². The quantitative estimate of drug-likeness (QED) is 0.246. The molecule has 0 spiro atoms. The van der Waals surface area contributed by atoms with E-state index in [1.165, 1.54) is 18.2 Å².